The van der Waals surface area contributed by atoms with Crippen LogP contribution in [0.25, 0.3) is 22.8 Å². The van der Waals surface area contributed by atoms with Gasteiger partial charge in [0.1, 0.15) is 11.5 Å². The van der Waals surface area contributed by atoms with Crippen LogP contribution in [0.4, 0.5) is 5.69 Å². The van der Waals surface area contributed by atoms with Crippen LogP contribution in [-0.2, 0) is 4.79 Å². The molecule has 1 amide bonds. The smallest absolute Gasteiger partial charge is 0.262 e. The third-order valence-corrected chi connectivity index (χ3v) is 5.19. The summed E-state index contributed by atoms with van der Waals surface area (Å²) in [5.74, 6) is 2.38. The zero-order valence-corrected chi connectivity index (χ0v) is 19.8. The van der Waals surface area contributed by atoms with E-state index < -0.39 is 0 Å². The minimum atomic E-state index is -0.372. The first-order valence-electron chi connectivity index (χ1n) is 10.7. The second-order valence-corrected chi connectivity index (χ2v) is 7.56. The average Bonchev–Trinajstić information content (AvgIpc) is 3.38. The molecule has 0 spiro atoms. The van der Waals surface area contributed by atoms with Gasteiger partial charge in [-0.25, -0.2) is 0 Å². The van der Waals surface area contributed by atoms with Crippen LogP contribution in [0.1, 0.15) is 5.56 Å². The van der Waals surface area contributed by atoms with E-state index in [1.165, 1.54) is 14.2 Å². The molecule has 1 aromatic heterocycles. The zero-order valence-electron chi connectivity index (χ0n) is 19.8. The van der Waals surface area contributed by atoms with Gasteiger partial charge in [-0.2, -0.15) is 4.98 Å². The average molecular weight is 476 g/mol. The van der Waals surface area contributed by atoms with Crippen molar-refractivity contribution < 1.29 is 28.3 Å². The molecule has 0 saturated heterocycles. The fourth-order valence-electron chi connectivity index (χ4n) is 3.32. The highest BCUT2D eigenvalue weighted by Crippen LogP contribution is 2.33. The van der Waals surface area contributed by atoms with Gasteiger partial charge in [-0.05, 0) is 49.4 Å². The molecule has 180 valence electrons. The lowest BCUT2D eigenvalue weighted by atomic mass is 10.1. The third kappa shape index (κ3) is 5.52. The molecular formula is C26H25N3O6. The van der Waals surface area contributed by atoms with E-state index in [9.17, 15) is 4.79 Å². The Balaban J connectivity index is 1.45. The summed E-state index contributed by atoms with van der Waals surface area (Å²) in [4.78, 5) is 17.0. The lowest BCUT2D eigenvalue weighted by Crippen LogP contribution is -2.20. The lowest BCUT2D eigenvalue weighted by Gasteiger charge is -2.13. The molecule has 3 aromatic carbocycles. The van der Waals surface area contributed by atoms with Crippen molar-refractivity contribution in [3.63, 3.8) is 0 Å². The molecule has 0 saturated carbocycles. The fourth-order valence-corrected chi connectivity index (χ4v) is 3.32. The molecule has 4 aromatic rings. The molecule has 0 aliphatic carbocycles. The van der Waals surface area contributed by atoms with Gasteiger partial charge in [-0.1, -0.05) is 22.9 Å². The number of carbonyl (C=O) groups is 1. The number of aromatic nitrogens is 2. The summed E-state index contributed by atoms with van der Waals surface area (Å²) in [7, 11) is 4.58. The Morgan fingerprint density at radius 3 is 2.29 bits per heavy atom. The van der Waals surface area contributed by atoms with Gasteiger partial charge < -0.3 is 28.8 Å². The van der Waals surface area contributed by atoms with Crippen LogP contribution in [0.3, 0.4) is 0 Å². The molecule has 35 heavy (non-hydrogen) atoms. The van der Waals surface area contributed by atoms with Crippen molar-refractivity contribution in [2.75, 3.05) is 33.3 Å². The number of carbonyl (C=O) groups excluding carboxylic acids is 1. The maximum Gasteiger partial charge on any atom is 0.262 e. The van der Waals surface area contributed by atoms with Crippen molar-refractivity contribution in [2.45, 2.75) is 6.92 Å². The summed E-state index contributed by atoms with van der Waals surface area (Å²) in [5.41, 5.74) is 3.14. The zero-order chi connectivity index (χ0) is 24.8. The lowest BCUT2D eigenvalue weighted by molar-refractivity contribution is -0.118. The van der Waals surface area contributed by atoms with Crippen LogP contribution in [0.2, 0.25) is 0 Å². The highest BCUT2D eigenvalue weighted by Gasteiger charge is 2.15. The van der Waals surface area contributed by atoms with Gasteiger partial charge in [0.15, 0.2) is 18.1 Å². The minimum absolute atomic E-state index is 0.240. The molecule has 0 aliphatic rings. The SMILES string of the molecule is COc1ccc(OC)c(NC(=O)COc2ccc(-c3noc(-c4ccc(C)cc4)n3)cc2OC)c1. The number of benzene rings is 3. The summed E-state index contributed by atoms with van der Waals surface area (Å²) >= 11 is 0. The van der Waals surface area contributed by atoms with Crippen LogP contribution in [0, 0.1) is 6.92 Å². The molecule has 0 radical (unpaired) electrons. The van der Waals surface area contributed by atoms with Crippen molar-refractivity contribution in [1.82, 2.24) is 10.1 Å². The largest absolute Gasteiger partial charge is 0.497 e. The number of nitrogens with zero attached hydrogens (tertiary/aromatic N) is 2. The summed E-state index contributed by atoms with van der Waals surface area (Å²) < 4.78 is 27.0. The molecule has 4 rings (SSSR count). The quantitative estimate of drug-likeness (QED) is 0.370. The minimum Gasteiger partial charge on any atom is -0.497 e. The van der Waals surface area contributed by atoms with Crippen molar-refractivity contribution in [1.29, 1.82) is 0 Å². The Morgan fingerprint density at radius 1 is 0.857 bits per heavy atom. The molecule has 0 bridgehead atoms. The Labute approximate surface area is 202 Å². The number of ether oxygens (including phenoxy) is 4. The molecule has 0 fully saturated rings. The van der Waals surface area contributed by atoms with Crippen LogP contribution in [-0.4, -0.2) is 44.0 Å². The van der Waals surface area contributed by atoms with Gasteiger partial charge in [0, 0.05) is 17.2 Å². The van der Waals surface area contributed by atoms with Gasteiger partial charge in [0.05, 0.1) is 27.0 Å². The van der Waals surface area contributed by atoms with E-state index in [4.69, 9.17) is 23.5 Å². The normalized spacial score (nSPS) is 10.5. The van der Waals surface area contributed by atoms with Crippen LogP contribution < -0.4 is 24.3 Å². The Bertz CT molecular complexity index is 1320. The van der Waals surface area contributed by atoms with E-state index in [0.717, 1.165) is 11.1 Å². The Morgan fingerprint density at radius 2 is 1.57 bits per heavy atom. The fraction of sp³-hybridized carbons (Fsp3) is 0.192. The monoisotopic (exact) mass is 475 g/mol. The first kappa shape index (κ1) is 23.6. The van der Waals surface area contributed by atoms with E-state index in [1.807, 2.05) is 31.2 Å². The summed E-state index contributed by atoms with van der Waals surface area (Å²) in [6, 6.07) is 18.1. The molecule has 0 aliphatic heterocycles. The number of methoxy groups -OCH3 is 3. The van der Waals surface area contributed by atoms with Gasteiger partial charge in [0.25, 0.3) is 11.8 Å². The summed E-state index contributed by atoms with van der Waals surface area (Å²) in [6.07, 6.45) is 0. The molecular weight excluding hydrogens is 450 g/mol. The Kier molecular flexibility index (Phi) is 7.15. The predicted molar refractivity (Wildman–Crippen MR) is 130 cm³/mol. The first-order valence-corrected chi connectivity index (χ1v) is 10.7. The molecule has 0 atom stereocenters. The highest BCUT2D eigenvalue weighted by atomic mass is 16.5. The standard InChI is InChI=1S/C26H25N3O6/c1-16-5-7-17(8-6-16)26-28-25(29-35-26)18-9-11-22(23(13-18)33-4)34-15-24(30)27-20-14-19(31-2)10-12-21(20)32-3/h5-14H,15H2,1-4H3,(H,27,30). The second kappa shape index (κ2) is 10.6. The second-order valence-electron chi connectivity index (χ2n) is 7.56. The van der Waals surface area contributed by atoms with Crippen LogP contribution in [0.15, 0.2) is 65.2 Å². The van der Waals surface area contributed by atoms with E-state index in [1.54, 1.807) is 43.5 Å². The third-order valence-electron chi connectivity index (χ3n) is 5.19. The number of rotatable bonds is 9. The number of hydrogen-bond donors (Lipinski definition) is 1. The predicted octanol–water partition coefficient (Wildman–Crippen LogP) is 4.76. The molecule has 1 heterocycles. The number of anilines is 1. The van der Waals surface area contributed by atoms with Gasteiger partial charge in [-0.15, -0.1) is 0 Å². The summed E-state index contributed by atoms with van der Waals surface area (Å²) in [6.45, 7) is 1.77. The Hall–Kier alpha value is -4.53. The number of nitrogens with one attached hydrogen (secondary N) is 1. The van der Waals surface area contributed by atoms with E-state index in [0.29, 0.717) is 46.0 Å². The molecule has 0 unspecified atom stereocenters. The van der Waals surface area contributed by atoms with Gasteiger partial charge in [-0.3, -0.25) is 4.79 Å². The van der Waals surface area contributed by atoms with Crippen molar-refractivity contribution in [3.05, 3.63) is 66.2 Å². The maximum atomic E-state index is 12.5. The number of aryl methyl sites for hydroxylation is 1. The maximum absolute atomic E-state index is 12.5. The van der Waals surface area contributed by atoms with Gasteiger partial charge in [0.2, 0.25) is 5.82 Å². The van der Waals surface area contributed by atoms with Crippen LogP contribution >= 0.6 is 0 Å². The van der Waals surface area contributed by atoms with Crippen molar-refractivity contribution in [3.8, 4) is 45.8 Å². The topological polar surface area (TPSA) is 105 Å². The van der Waals surface area contributed by atoms with Gasteiger partial charge >= 0.3 is 0 Å². The highest BCUT2D eigenvalue weighted by molar-refractivity contribution is 5.93. The molecule has 9 heteroatoms. The number of hydrogen-bond acceptors (Lipinski definition) is 8. The van der Waals surface area contributed by atoms with Crippen molar-refractivity contribution >= 4 is 11.6 Å². The first-order chi connectivity index (χ1) is 17.0. The molecule has 1 N–H and O–H groups in total. The van der Waals surface area contributed by atoms with Crippen molar-refractivity contribution in [2.24, 2.45) is 0 Å². The number of amides is 1. The van der Waals surface area contributed by atoms with E-state index in [2.05, 4.69) is 15.5 Å². The summed E-state index contributed by atoms with van der Waals surface area (Å²) in [5, 5.41) is 6.83. The van der Waals surface area contributed by atoms with E-state index >= 15 is 0 Å². The molecule has 9 nitrogen and oxygen atoms in total. The van der Waals surface area contributed by atoms with E-state index in [-0.39, 0.29) is 12.5 Å². The van der Waals surface area contributed by atoms with Crippen LogP contribution in [0.5, 0.6) is 23.0 Å².